The first-order valence-corrected chi connectivity index (χ1v) is 13.1. The van der Waals surface area contributed by atoms with Crippen LogP contribution in [0.4, 0.5) is 0 Å². The molecule has 1 amide bonds. The van der Waals surface area contributed by atoms with Crippen molar-refractivity contribution in [2.75, 3.05) is 33.3 Å². The van der Waals surface area contributed by atoms with E-state index >= 15 is 0 Å². The molecule has 33 heavy (non-hydrogen) atoms. The molecule has 0 saturated carbocycles. The largest absolute Gasteiger partial charge is 0.495 e. The third kappa shape index (κ3) is 5.10. The number of furan rings is 1. The molecule has 8 nitrogen and oxygen atoms in total. The van der Waals surface area contributed by atoms with E-state index in [9.17, 15) is 13.2 Å². The molecule has 4 rings (SSSR count). The molecule has 0 aliphatic carbocycles. The average Bonchev–Trinajstić information content (AvgIpc) is 3.54. The summed E-state index contributed by atoms with van der Waals surface area (Å²) in [5.41, 5.74) is 0.290. The quantitative estimate of drug-likeness (QED) is 0.629. The van der Waals surface area contributed by atoms with Crippen LogP contribution in [-0.2, 0) is 10.0 Å². The molecule has 2 atom stereocenters. The Kier molecular flexibility index (Phi) is 7.41. The Morgan fingerprint density at radius 1 is 1.18 bits per heavy atom. The summed E-state index contributed by atoms with van der Waals surface area (Å²) in [6.45, 7) is 4.70. The number of carbonyl (C=O) groups is 1. The first-order chi connectivity index (χ1) is 15.9. The van der Waals surface area contributed by atoms with Crippen LogP contribution >= 0.6 is 0 Å². The summed E-state index contributed by atoms with van der Waals surface area (Å²) < 4.78 is 39.4. The fraction of sp³-hybridized carbons (Fsp3) is 0.542. The molecule has 1 aromatic heterocycles. The Bertz CT molecular complexity index is 1050. The second-order valence-electron chi connectivity index (χ2n) is 8.81. The minimum Gasteiger partial charge on any atom is -0.495 e. The van der Waals surface area contributed by atoms with Crippen LogP contribution in [-0.4, -0.2) is 62.9 Å². The summed E-state index contributed by atoms with van der Waals surface area (Å²) in [5.74, 6) is 0.737. The fourth-order valence-electron chi connectivity index (χ4n) is 4.81. The van der Waals surface area contributed by atoms with Crippen molar-refractivity contribution in [1.29, 1.82) is 0 Å². The molecule has 0 unspecified atom stereocenters. The van der Waals surface area contributed by atoms with E-state index in [0.29, 0.717) is 18.7 Å². The third-order valence-electron chi connectivity index (χ3n) is 6.66. The summed E-state index contributed by atoms with van der Waals surface area (Å²) in [6.07, 6.45) is 6.56. The van der Waals surface area contributed by atoms with Crippen molar-refractivity contribution in [2.45, 2.75) is 56.0 Å². The van der Waals surface area contributed by atoms with Crippen LogP contribution in [0, 0.1) is 0 Å². The maximum atomic E-state index is 13.4. The van der Waals surface area contributed by atoms with Crippen molar-refractivity contribution < 1.29 is 22.4 Å². The molecule has 2 aliphatic heterocycles. The highest BCUT2D eigenvalue weighted by Crippen LogP contribution is 2.32. The van der Waals surface area contributed by atoms with Gasteiger partial charge in [0, 0.05) is 24.7 Å². The molecular formula is C24H33N3O5S. The second-order valence-corrected chi connectivity index (χ2v) is 10.7. The summed E-state index contributed by atoms with van der Waals surface area (Å²) in [7, 11) is -2.34. The first-order valence-electron chi connectivity index (χ1n) is 11.7. The van der Waals surface area contributed by atoms with Gasteiger partial charge in [-0.1, -0.05) is 6.42 Å². The number of methoxy groups -OCH3 is 1. The van der Waals surface area contributed by atoms with Gasteiger partial charge in [0.05, 0.1) is 19.4 Å². The molecule has 3 heterocycles. The number of piperidine rings is 1. The van der Waals surface area contributed by atoms with E-state index in [4.69, 9.17) is 9.15 Å². The van der Waals surface area contributed by atoms with Crippen molar-refractivity contribution in [3.63, 3.8) is 0 Å². The lowest BCUT2D eigenvalue weighted by Gasteiger charge is -2.32. The van der Waals surface area contributed by atoms with E-state index in [-0.39, 0.29) is 28.6 Å². The van der Waals surface area contributed by atoms with Gasteiger partial charge in [0.2, 0.25) is 10.0 Å². The van der Waals surface area contributed by atoms with Crippen LogP contribution in [0.3, 0.4) is 0 Å². The van der Waals surface area contributed by atoms with Crippen molar-refractivity contribution in [3.8, 4) is 5.75 Å². The number of nitrogens with zero attached hydrogens (tertiary/aromatic N) is 2. The molecule has 2 saturated heterocycles. The van der Waals surface area contributed by atoms with Gasteiger partial charge in [-0.15, -0.1) is 0 Å². The van der Waals surface area contributed by atoms with Gasteiger partial charge in [0.25, 0.3) is 5.91 Å². The Morgan fingerprint density at radius 3 is 2.61 bits per heavy atom. The van der Waals surface area contributed by atoms with E-state index in [1.165, 1.54) is 17.5 Å². The average molecular weight is 476 g/mol. The lowest BCUT2D eigenvalue weighted by Crippen LogP contribution is -2.42. The number of hydrogen-bond donors (Lipinski definition) is 1. The highest BCUT2D eigenvalue weighted by molar-refractivity contribution is 7.89. The number of carbonyl (C=O) groups excluding carboxylic acids is 1. The predicted molar refractivity (Wildman–Crippen MR) is 125 cm³/mol. The van der Waals surface area contributed by atoms with Gasteiger partial charge in [0.1, 0.15) is 16.4 Å². The molecule has 2 aromatic rings. The lowest BCUT2D eigenvalue weighted by molar-refractivity contribution is 0.0933. The van der Waals surface area contributed by atoms with Crippen molar-refractivity contribution in [1.82, 2.24) is 14.5 Å². The maximum Gasteiger partial charge on any atom is 0.251 e. The van der Waals surface area contributed by atoms with Crippen LogP contribution in [0.5, 0.6) is 5.75 Å². The smallest absolute Gasteiger partial charge is 0.251 e. The van der Waals surface area contributed by atoms with Crippen LogP contribution < -0.4 is 10.1 Å². The predicted octanol–water partition coefficient (Wildman–Crippen LogP) is 3.42. The van der Waals surface area contributed by atoms with E-state index in [1.807, 2.05) is 19.1 Å². The number of hydrogen-bond acceptors (Lipinski definition) is 6. The molecule has 0 bridgehead atoms. The van der Waals surface area contributed by atoms with E-state index in [1.54, 1.807) is 18.4 Å². The number of amides is 1. The molecule has 9 heteroatoms. The zero-order valence-corrected chi connectivity index (χ0v) is 20.1. The van der Waals surface area contributed by atoms with Crippen LogP contribution in [0.25, 0.3) is 0 Å². The summed E-state index contributed by atoms with van der Waals surface area (Å²) in [6, 6.07) is 8.23. The summed E-state index contributed by atoms with van der Waals surface area (Å²) >= 11 is 0. The SMILES string of the molecule is COc1ccc(C(=O)NC[C@H](c2ccco2)N2CCCC2)cc1S(=O)(=O)N1CCCC[C@@H]1C. The zero-order valence-electron chi connectivity index (χ0n) is 19.3. The summed E-state index contributed by atoms with van der Waals surface area (Å²) in [5, 5.41) is 2.98. The Balaban J connectivity index is 1.54. The normalized spacial score (nSPS) is 21.1. The minimum absolute atomic E-state index is 0.0357. The third-order valence-corrected chi connectivity index (χ3v) is 8.70. The van der Waals surface area contributed by atoms with Crippen molar-refractivity contribution in [2.24, 2.45) is 0 Å². The van der Waals surface area contributed by atoms with Gasteiger partial charge < -0.3 is 14.5 Å². The molecule has 2 aliphatic rings. The van der Waals surface area contributed by atoms with Crippen molar-refractivity contribution in [3.05, 3.63) is 47.9 Å². The van der Waals surface area contributed by atoms with Gasteiger partial charge in [-0.05, 0) is 76.0 Å². The van der Waals surface area contributed by atoms with Gasteiger partial charge >= 0.3 is 0 Å². The van der Waals surface area contributed by atoms with Gasteiger partial charge in [0.15, 0.2) is 0 Å². The van der Waals surface area contributed by atoms with Gasteiger partial charge in [-0.3, -0.25) is 9.69 Å². The Morgan fingerprint density at radius 2 is 1.94 bits per heavy atom. The fourth-order valence-corrected chi connectivity index (χ4v) is 6.69. The highest BCUT2D eigenvalue weighted by atomic mass is 32.2. The molecule has 2 fully saturated rings. The number of rotatable bonds is 8. The maximum absolute atomic E-state index is 13.4. The first kappa shape index (κ1) is 23.8. The number of sulfonamides is 1. The van der Waals surface area contributed by atoms with Crippen LogP contribution in [0.1, 0.15) is 61.2 Å². The molecule has 1 N–H and O–H groups in total. The standard InChI is InChI=1S/C24H33N3O5S/c1-18-8-3-4-14-27(18)33(29,30)23-16-19(10-11-22(23)31-2)24(28)25-17-20(21-9-7-15-32-21)26-12-5-6-13-26/h7,9-11,15-16,18,20H,3-6,8,12-14,17H2,1-2H3,(H,25,28)/t18-,20+/m0/s1. The Hall–Kier alpha value is -2.36. The van der Waals surface area contributed by atoms with Crippen molar-refractivity contribution >= 4 is 15.9 Å². The highest BCUT2D eigenvalue weighted by Gasteiger charge is 2.34. The van der Waals surface area contributed by atoms with E-state index < -0.39 is 10.0 Å². The van der Waals surface area contributed by atoms with Gasteiger partial charge in [-0.2, -0.15) is 4.31 Å². The topological polar surface area (TPSA) is 92.1 Å². The molecule has 0 spiro atoms. The van der Waals surface area contributed by atoms with Crippen LogP contribution in [0.2, 0.25) is 0 Å². The monoisotopic (exact) mass is 475 g/mol. The van der Waals surface area contributed by atoms with E-state index in [2.05, 4.69) is 10.2 Å². The van der Waals surface area contributed by atoms with Crippen LogP contribution in [0.15, 0.2) is 45.9 Å². The number of nitrogens with one attached hydrogen (secondary N) is 1. The van der Waals surface area contributed by atoms with Gasteiger partial charge in [-0.25, -0.2) is 8.42 Å². The molecule has 0 radical (unpaired) electrons. The number of likely N-dealkylation sites (tertiary alicyclic amines) is 1. The molecule has 1 aromatic carbocycles. The zero-order chi connectivity index (χ0) is 23.4. The van der Waals surface area contributed by atoms with E-state index in [0.717, 1.165) is 51.0 Å². The number of benzene rings is 1. The molecular weight excluding hydrogens is 442 g/mol. The molecule has 180 valence electrons. The second kappa shape index (κ2) is 10.3. The number of ether oxygens (including phenoxy) is 1. The minimum atomic E-state index is -3.78. The summed E-state index contributed by atoms with van der Waals surface area (Å²) in [4.78, 5) is 15.4. The Labute approximate surface area is 195 Å². The lowest BCUT2D eigenvalue weighted by atomic mass is 10.1.